The van der Waals surface area contributed by atoms with Gasteiger partial charge in [-0.15, -0.1) is 10.2 Å². The van der Waals surface area contributed by atoms with E-state index in [1.54, 1.807) is 0 Å². The average molecular weight is 442 g/mol. The number of hydrogen-bond donors (Lipinski definition) is 1. The highest BCUT2D eigenvalue weighted by atomic mass is 19.1. The maximum Gasteiger partial charge on any atom is 0.272 e. The second kappa shape index (κ2) is 9.24. The molecule has 0 unspecified atom stereocenters. The van der Waals surface area contributed by atoms with E-state index in [0.29, 0.717) is 12.2 Å². The Labute approximate surface area is 191 Å². The van der Waals surface area contributed by atoms with Gasteiger partial charge < -0.3 is 15.1 Å². The highest BCUT2D eigenvalue weighted by Crippen LogP contribution is 2.27. The summed E-state index contributed by atoms with van der Waals surface area (Å²) in [5, 5.41) is 13.4. The smallest absolute Gasteiger partial charge is 0.272 e. The summed E-state index contributed by atoms with van der Waals surface area (Å²) >= 11 is 0. The maximum absolute atomic E-state index is 13.2. The lowest BCUT2D eigenvalue weighted by atomic mass is 10.1. The van der Waals surface area contributed by atoms with E-state index in [0.717, 1.165) is 54.0 Å². The molecule has 0 saturated carbocycles. The number of nitrogens with zero attached hydrogens (tertiary/aromatic N) is 4. The van der Waals surface area contributed by atoms with Gasteiger partial charge >= 0.3 is 0 Å². The Balaban J connectivity index is 1.34. The normalized spacial score (nSPS) is 13.8. The lowest BCUT2D eigenvalue weighted by Crippen LogP contribution is -2.47. The molecular weight excluding hydrogens is 417 g/mol. The minimum Gasteiger partial charge on any atom is -0.368 e. The van der Waals surface area contributed by atoms with Crippen molar-refractivity contribution in [3.05, 3.63) is 95.9 Å². The summed E-state index contributed by atoms with van der Waals surface area (Å²) < 4.78 is 13.2. The average Bonchev–Trinajstić information content (AvgIpc) is 2.88. The maximum atomic E-state index is 13.2. The van der Waals surface area contributed by atoms with Crippen molar-refractivity contribution < 1.29 is 9.18 Å². The van der Waals surface area contributed by atoms with Gasteiger partial charge in [-0.25, -0.2) is 4.39 Å². The van der Waals surface area contributed by atoms with Crippen LogP contribution >= 0.6 is 0 Å². The summed E-state index contributed by atoms with van der Waals surface area (Å²) in [5.74, 6) is 0.311. The number of aromatic nitrogens is 2. The molecule has 0 radical (unpaired) electrons. The van der Waals surface area contributed by atoms with E-state index in [2.05, 4.69) is 25.3 Å². The van der Waals surface area contributed by atoms with Gasteiger partial charge in [-0.2, -0.15) is 0 Å². The molecule has 1 aliphatic rings. The molecule has 4 aromatic rings. The largest absolute Gasteiger partial charge is 0.368 e. The second-order valence-electron chi connectivity index (χ2n) is 8.04. The highest BCUT2D eigenvalue weighted by molar-refractivity contribution is 6.07. The van der Waals surface area contributed by atoms with Crippen LogP contribution in [0.3, 0.4) is 0 Å². The monoisotopic (exact) mass is 441 g/mol. The number of piperazine rings is 1. The van der Waals surface area contributed by atoms with E-state index in [9.17, 15) is 9.18 Å². The summed E-state index contributed by atoms with van der Waals surface area (Å²) in [6.45, 7) is 3.54. The predicted molar refractivity (Wildman–Crippen MR) is 128 cm³/mol. The Hall–Kier alpha value is -4.00. The van der Waals surface area contributed by atoms with Gasteiger partial charge in [-0.1, -0.05) is 54.6 Å². The van der Waals surface area contributed by atoms with Gasteiger partial charge in [0, 0.05) is 49.2 Å². The molecule has 6 nitrogen and oxygen atoms in total. The van der Waals surface area contributed by atoms with Crippen LogP contribution in [-0.2, 0) is 6.54 Å². The van der Waals surface area contributed by atoms with Crippen molar-refractivity contribution in [3.63, 3.8) is 0 Å². The first-order valence-corrected chi connectivity index (χ1v) is 11.0. The topological polar surface area (TPSA) is 61.4 Å². The van der Waals surface area contributed by atoms with Gasteiger partial charge in [0.25, 0.3) is 5.91 Å². The molecule has 0 bridgehead atoms. The molecule has 7 heteroatoms. The standard InChI is InChI=1S/C26H24FN5O/c27-20-10-12-21(13-11-20)31-14-16-32(17-15-31)25-23-9-5-4-8-22(23)24(29-30-25)26(33)28-18-19-6-2-1-3-7-19/h1-13H,14-18H2,(H,28,33). The van der Waals surface area contributed by atoms with Crippen LogP contribution < -0.4 is 15.1 Å². The van der Waals surface area contributed by atoms with Crippen LogP contribution in [0.2, 0.25) is 0 Å². The molecule has 1 saturated heterocycles. The SMILES string of the molecule is O=C(NCc1ccccc1)c1nnc(N2CCN(c3ccc(F)cc3)CC2)c2ccccc12. The molecule has 2 heterocycles. The Morgan fingerprint density at radius 2 is 1.42 bits per heavy atom. The Bertz CT molecular complexity index is 1250. The van der Waals surface area contributed by atoms with Gasteiger partial charge in [0.05, 0.1) is 0 Å². The lowest BCUT2D eigenvalue weighted by Gasteiger charge is -2.37. The van der Waals surface area contributed by atoms with Gasteiger partial charge in [0.1, 0.15) is 5.82 Å². The van der Waals surface area contributed by atoms with E-state index in [-0.39, 0.29) is 11.7 Å². The van der Waals surface area contributed by atoms with Crippen molar-refractivity contribution in [2.75, 3.05) is 36.0 Å². The number of nitrogens with one attached hydrogen (secondary N) is 1. The van der Waals surface area contributed by atoms with E-state index >= 15 is 0 Å². The first-order valence-electron chi connectivity index (χ1n) is 11.0. The van der Waals surface area contributed by atoms with E-state index in [1.807, 2.05) is 66.7 Å². The molecule has 166 valence electrons. The van der Waals surface area contributed by atoms with E-state index in [1.165, 1.54) is 12.1 Å². The number of fused-ring (bicyclic) bond motifs is 1. The molecule has 0 spiro atoms. The van der Waals surface area contributed by atoms with Crippen molar-refractivity contribution in [2.24, 2.45) is 0 Å². The van der Waals surface area contributed by atoms with Gasteiger partial charge in [-0.3, -0.25) is 4.79 Å². The molecule has 1 aliphatic heterocycles. The Morgan fingerprint density at radius 1 is 0.788 bits per heavy atom. The molecule has 33 heavy (non-hydrogen) atoms. The van der Waals surface area contributed by atoms with Crippen LogP contribution in [-0.4, -0.2) is 42.3 Å². The van der Waals surface area contributed by atoms with Crippen LogP contribution in [0.25, 0.3) is 10.8 Å². The number of carbonyl (C=O) groups excluding carboxylic acids is 1. The Kier molecular flexibility index (Phi) is 5.85. The molecule has 1 N–H and O–H groups in total. The first-order chi connectivity index (χ1) is 16.2. The van der Waals surface area contributed by atoms with E-state index in [4.69, 9.17) is 0 Å². The zero-order chi connectivity index (χ0) is 22.6. The summed E-state index contributed by atoms with van der Waals surface area (Å²) in [6.07, 6.45) is 0. The molecule has 5 rings (SSSR count). The fourth-order valence-electron chi connectivity index (χ4n) is 4.18. The number of halogens is 1. The fraction of sp³-hybridized carbons (Fsp3) is 0.192. The first kappa shape index (κ1) is 20.9. The zero-order valence-electron chi connectivity index (χ0n) is 18.1. The fourth-order valence-corrected chi connectivity index (χ4v) is 4.18. The molecule has 0 aliphatic carbocycles. The quantitative estimate of drug-likeness (QED) is 0.507. The number of rotatable bonds is 5. The number of amides is 1. The summed E-state index contributed by atoms with van der Waals surface area (Å²) in [5.41, 5.74) is 2.37. The predicted octanol–water partition coefficient (Wildman–Crippen LogP) is 4.03. The molecule has 1 amide bonds. The summed E-state index contributed by atoms with van der Waals surface area (Å²) in [4.78, 5) is 17.3. The Morgan fingerprint density at radius 3 is 2.15 bits per heavy atom. The van der Waals surface area contributed by atoms with Gasteiger partial charge in [0.15, 0.2) is 11.5 Å². The van der Waals surface area contributed by atoms with Crippen LogP contribution in [0.4, 0.5) is 15.9 Å². The minimum atomic E-state index is -0.241. The molecule has 1 aromatic heterocycles. The number of hydrogen-bond acceptors (Lipinski definition) is 5. The van der Waals surface area contributed by atoms with Crippen LogP contribution in [0.5, 0.6) is 0 Å². The lowest BCUT2D eigenvalue weighted by molar-refractivity contribution is 0.0947. The zero-order valence-corrected chi connectivity index (χ0v) is 18.1. The van der Waals surface area contributed by atoms with Crippen molar-refractivity contribution in [2.45, 2.75) is 6.54 Å². The van der Waals surface area contributed by atoms with Gasteiger partial charge in [0.2, 0.25) is 0 Å². The molecule has 0 atom stereocenters. The second-order valence-corrected chi connectivity index (χ2v) is 8.04. The van der Waals surface area contributed by atoms with Crippen molar-refractivity contribution in [3.8, 4) is 0 Å². The van der Waals surface area contributed by atoms with Gasteiger partial charge in [-0.05, 0) is 29.8 Å². The summed E-state index contributed by atoms with van der Waals surface area (Å²) in [6, 6.07) is 24.1. The number of carbonyl (C=O) groups is 1. The van der Waals surface area contributed by atoms with Crippen LogP contribution in [0, 0.1) is 5.82 Å². The van der Waals surface area contributed by atoms with Crippen LogP contribution in [0.1, 0.15) is 16.1 Å². The summed E-state index contributed by atoms with van der Waals surface area (Å²) in [7, 11) is 0. The third-order valence-corrected chi connectivity index (χ3v) is 5.95. The van der Waals surface area contributed by atoms with E-state index < -0.39 is 0 Å². The van der Waals surface area contributed by atoms with Crippen LogP contribution in [0.15, 0.2) is 78.9 Å². The number of benzene rings is 3. The third kappa shape index (κ3) is 4.48. The molecule has 3 aromatic carbocycles. The minimum absolute atomic E-state index is 0.230. The van der Waals surface area contributed by atoms with Crippen molar-refractivity contribution >= 4 is 28.2 Å². The highest BCUT2D eigenvalue weighted by Gasteiger charge is 2.23. The third-order valence-electron chi connectivity index (χ3n) is 5.95. The van der Waals surface area contributed by atoms with Crippen molar-refractivity contribution in [1.29, 1.82) is 0 Å². The molecule has 1 fully saturated rings. The molecular formula is C26H24FN5O. The van der Waals surface area contributed by atoms with Crippen molar-refractivity contribution in [1.82, 2.24) is 15.5 Å². The number of anilines is 2.